The van der Waals surface area contributed by atoms with Crippen LogP contribution in [-0.2, 0) is 11.8 Å². The van der Waals surface area contributed by atoms with Crippen LogP contribution in [0.15, 0.2) is 212 Å². The number of hydrogen-bond donors (Lipinski definition) is 0. The van der Waals surface area contributed by atoms with Crippen LogP contribution in [-0.4, -0.2) is 0 Å². The summed E-state index contributed by atoms with van der Waals surface area (Å²) >= 11 is 0. The van der Waals surface area contributed by atoms with Crippen molar-refractivity contribution in [3.05, 3.63) is 235 Å². The Balaban J connectivity index is 0.00000232. The van der Waals surface area contributed by atoms with Crippen molar-refractivity contribution in [2.75, 3.05) is 9.80 Å². The predicted molar refractivity (Wildman–Crippen MR) is 272 cm³/mol. The molecule has 0 aromatic heterocycles. The number of allylic oxidation sites excluding steroid dienone is 1. The monoisotopic (exact) mass is 808 g/mol. The second kappa shape index (κ2) is 16.5. The van der Waals surface area contributed by atoms with Gasteiger partial charge in [0.05, 0.1) is 11.4 Å². The van der Waals surface area contributed by atoms with Gasteiger partial charge in [0.1, 0.15) is 0 Å². The van der Waals surface area contributed by atoms with E-state index < -0.39 is 0 Å². The first-order valence-electron chi connectivity index (χ1n) is 21.8. The molecule has 0 amide bonds. The number of hydrogen-bond acceptors (Lipinski definition) is 2. The molecule has 11 rings (SSSR count). The predicted octanol–water partition coefficient (Wildman–Crippen LogP) is 16.8. The number of terminal acetylenes is 1. The number of nitrogens with zero attached hydrogens (tertiary/aromatic N) is 2. The summed E-state index contributed by atoms with van der Waals surface area (Å²) in [4.78, 5) is 5.01. The SMILES string of the molecule is C#C.CC1(C)C/C=C\c2ccccc2Cc2cc3c(N(c4ccccc4)c4ccc5ccccc5c4)c4ccccc4c(N(c4ccccc4)c4ccc5ccccc5c4)c3cc21. The second-order valence-corrected chi connectivity index (χ2v) is 17.1. The molecule has 0 atom stereocenters. The van der Waals surface area contributed by atoms with Gasteiger partial charge in [-0.15, -0.1) is 12.8 Å². The Labute approximate surface area is 371 Å². The van der Waals surface area contributed by atoms with Crippen LogP contribution < -0.4 is 9.80 Å². The highest BCUT2D eigenvalue weighted by atomic mass is 15.2. The highest BCUT2D eigenvalue weighted by Gasteiger charge is 2.30. The van der Waals surface area contributed by atoms with Crippen LogP contribution in [0, 0.1) is 12.8 Å². The van der Waals surface area contributed by atoms with Crippen LogP contribution in [0.25, 0.3) is 49.2 Å². The molecule has 1 aliphatic rings. The molecular weight excluding hydrogens is 761 g/mol. The number of para-hydroxylation sites is 2. The van der Waals surface area contributed by atoms with Gasteiger partial charge in [-0.3, -0.25) is 0 Å². The Bertz CT molecular complexity index is 3340. The first kappa shape index (κ1) is 39.3. The first-order chi connectivity index (χ1) is 31.0. The fourth-order valence-electron chi connectivity index (χ4n) is 9.73. The summed E-state index contributed by atoms with van der Waals surface area (Å²) in [7, 11) is 0. The zero-order valence-corrected chi connectivity index (χ0v) is 35.7. The molecule has 0 bridgehead atoms. The van der Waals surface area contributed by atoms with E-state index in [0.29, 0.717) is 0 Å². The molecule has 1 aliphatic carbocycles. The maximum absolute atomic E-state index is 4.00. The topological polar surface area (TPSA) is 6.48 Å². The van der Waals surface area contributed by atoms with E-state index in [-0.39, 0.29) is 5.41 Å². The van der Waals surface area contributed by atoms with E-state index in [4.69, 9.17) is 0 Å². The van der Waals surface area contributed by atoms with E-state index in [9.17, 15) is 0 Å². The largest absolute Gasteiger partial charge is 0.309 e. The Kier molecular flexibility index (Phi) is 10.3. The van der Waals surface area contributed by atoms with Crippen LogP contribution in [0.3, 0.4) is 0 Å². The van der Waals surface area contributed by atoms with Crippen molar-refractivity contribution in [3.63, 3.8) is 0 Å². The van der Waals surface area contributed by atoms with Crippen molar-refractivity contribution in [2.24, 2.45) is 0 Å². The van der Waals surface area contributed by atoms with Gasteiger partial charge in [-0.1, -0.05) is 172 Å². The molecule has 0 saturated carbocycles. The van der Waals surface area contributed by atoms with E-state index in [2.05, 4.69) is 255 Å². The van der Waals surface area contributed by atoms with Crippen molar-refractivity contribution in [3.8, 4) is 12.8 Å². The van der Waals surface area contributed by atoms with E-state index in [1.807, 2.05) is 0 Å². The van der Waals surface area contributed by atoms with Gasteiger partial charge in [-0.05, 0) is 123 Å². The lowest BCUT2D eigenvalue weighted by Gasteiger charge is -2.34. The zero-order chi connectivity index (χ0) is 42.9. The molecule has 0 unspecified atom stereocenters. The van der Waals surface area contributed by atoms with Crippen molar-refractivity contribution in [1.82, 2.24) is 0 Å². The lowest BCUT2D eigenvalue weighted by molar-refractivity contribution is 0.531. The highest BCUT2D eigenvalue weighted by Crippen LogP contribution is 2.53. The standard InChI is InChI=1S/C59H46N2.C2H2/c1-59(2)35-17-24-41-18-9-12-21-44(41)36-47-39-54-55(40-56(47)59)58(61(49-27-7-4-8-28-49)51-34-32-43-20-11-14-23-46(43)38-51)53-30-16-15-29-52(53)57(54)60(48-25-5-3-6-26-48)50-33-31-42-19-10-13-22-45(42)37-50;1-2/h3-34,37-40H,35-36H2,1-2H3;1-2H/b24-17-;. The Morgan fingerprint density at radius 1 is 0.397 bits per heavy atom. The minimum Gasteiger partial charge on any atom is -0.309 e. The molecule has 63 heavy (non-hydrogen) atoms. The van der Waals surface area contributed by atoms with Crippen molar-refractivity contribution >= 4 is 83.3 Å². The smallest absolute Gasteiger partial charge is 0.0620 e. The van der Waals surface area contributed by atoms with Crippen LogP contribution in [0.5, 0.6) is 0 Å². The lowest BCUT2D eigenvalue weighted by atomic mass is 9.76. The number of benzene rings is 10. The van der Waals surface area contributed by atoms with Gasteiger partial charge >= 0.3 is 0 Å². The fourth-order valence-corrected chi connectivity index (χ4v) is 9.73. The Morgan fingerprint density at radius 3 is 1.41 bits per heavy atom. The number of fused-ring (bicyclic) bond motifs is 6. The van der Waals surface area contributed by atoms with Gasteiger partial charge in [0.25, 0.3) is 0 Å². The molecular formula is C61H48N2. The van der Waals surface area contributed by atoms with Gasteiger partial charge in [0.2, 0.25) is 0 Å². The molecule has 2 heteroatoms. The summed E-state index contributed by atoms with van der Waals surface area (Å²) in [5.74, 6) is 0. The maximum Gasteiger partial charge on any atom is 0.0620 e. The normalized spacial score (nSPS) is 13.5. The molecule has 10 aromatic carbocycles. The third-order valence-corrected chi connectivity index (χ3v) is 12.7. The number of anilines is 6. The molecule has 302 valence electrons. The summed E-state index contributed by atoms with van der Waals surface area (Å²) < 4.78 is 0. The fraction of sp³-hybridized carbons (Fsp3) is 0.0820. The van der Waals surface area contributed by atoms with Gasteiger partial charge < -0.3 is 9.80 Å². The first-order valence-corrected chi connectivity index (χ1v) is 21.8. The Hall–Kier alpha value is -7.86. The lowest BCUT2D eigenvalue weighted by Crippen LogP contribution is -2.20. The molecule has 2 nitrogen and oxygen atoms in total. The molecule has 0 radical (unpaired) electrons. The quantitative estimate of drug-likeness (QED) is 0.0938. The van der Waals surface area contributed by atoms with Crippen molar-refractivity contribution in [2.45, 2.75) is 32.1 Å². The van der Waals surface area contributed by atoms with Crippen LogP contribution in [0.1, 0.15) is 42.5 Å². The third-order valence-electron chi connectivity index (χ3n) is 12.7. The van der Waals surface area contributed by atoms with Gasteiger partial charge in [-0.25, -0.2) is 0 Å². The van der Waals surface area contributed by atoms with Crippen molar-refractivity contribution in [1.29, 1.82) is 0 Å². The summed E-state index contributed by atoms with van der Waals surface area (Å²) in [6, 6.07) is 76.2. The van der Waals surface area contributed by atoms with Gasteiger partial charge in [-0.2, -0.15) is 0 Å². The van der Waals surface area contributed by atoms with E-state index >= 15 is 0 Å². The molecule has 0 saturated heterocycles. The average molecular weight is 809 g/mol. The molecule has 0 N–H and O–H groups in total. The van der Waals surface area contributed by atoms with Crippen LogP contribution in [0.4, 0.5) is 34.1 Å². The van der Waals surface area contributed by atoms with Gasteiger partial charge in [0, 0.05) is 44.3 Å². The molecule has 0 heterocycles. The molecule has 0 spiro atoms. The van der Waals surface area contributed by atoms with E-state index in [1.54, 1.807) is 0 Å². The maximum atomic E-state index is 4.00. The minimum atomic E-state index is -0.136. The van der Waals surface area contributed by atoms with E-state index in [0.717, 1.165) is 35.6 Å². The molecule has 0 aliphatic heterocycles. The van der Waals surface area contributed by atoms with Crippen LogP contribution in [0.2, 0.25) is 0 Å². The second-order valence-electron chi connectivity index (χ2n) is 17.1. The van der Waals surface area contributed by atoms with Gasteiger partial charge in [0.15, 0.2) is 0 Å². The Morgan fingerprint density at radius 2 is 0.857 bits per heavy atom. The number of rotatable bonds is 6. The summed E-state index contributed by atoms with van der Waals surface area (Å²) in [6.07, 6.45) is 14.5. The zero-order valence-electron chi connectivity index (χ0n) is 35.7. The average Bonchev–Trinajstić information content (AvgIpc) is 3.38. The molecule has 10 aromatic rings. The van der Waals surface area contributed by atoms with Crippen LogP contribution >= 0.6 is 0 Å². The summed E-state index contributed by atoms with van der Waals surface area (Å²) in [5, 5.41) is 9.69. The summed E-state index contributed by atoms with van der Waals surface area (Å²) in [6.45, 7) is 4.84. The van der Waals surface area contributed by atoms with Crippen molar-refractivity contribution < 1.29 is 0 Å². The molecule has 0 fully saturated rings. The highest BCUT2D eigenvalue weighted by molar-refractivity contribution is 6.24. The van der Waals surface area contributed by atoms with E-state index in [1.165, 1.54) is 76.7 Å². The summed E-state index contributed by atoms with van der Waals surface area (Å²) in [5.41, 5.74) is 12.1. The minimum absolute atomic E-state index is 0.136. The third kappa shape index (κ3) is 7.18.